The van der Waals surface area contributed by atoms with Gasteiger partial charge in [0.25, 0.3) is 5.91 Å². The molecule has 1 fully saturated rings. The predicted molar refractivity (Wildman–Crippen MR) is 134 cm³/mol. The monoisotopic (exact) mass is 497 g/mol. The number of alkyl carbamates (subject to hydrolysis) is 1. The number of ether oxygens (including phenoxy) is 3. The highest BCUT2D eigenvalue weighted by atomic mass is 16.6. The molecule has 36 heavy (non-hydrogen) atoms. The lowest BCUT2D eigenvalue weighted by molar-refractivity contribution is -0.118. The molecule has 4 N–H and O–H groups in total. The number of aliphatic imine (C=N–C) groups is 1. The second-order valence-electron chi connectivity index (χ2n) is 8.57. The fourth-order valence-corrected chi connectivity index (χ4v) is 3.76. The molecule has 0 saturated heterocycles. The molecule has 1 heterocycles. The van der Waals surface area contributed by atoms with E-state index in [0.29, 0.717) is 23.6 Å². The van der Waals surface area contributed by atoms with E-state index in [-0.39, 0.29) is 42.7 Å². The smallest absolute Gasteiger partial charge is 0.408 e. The average molecular weight is 498 g/mol. The van der Waals surface area contributed by atoms with Crippen molar-refractivity contribution in [2.24, 2.45) is 4.99 Å². The highest BCUT2D eigenvalue weighted by Gasteiger charge is 2.30. The third-order valence-corrected chi connectivity index (χ3v) is 5.49. The Balaban J connectivity index is 1.55. The van der Waals surface area contributed by atoms with Gasteiger partial charge in [0.1, 0.15) is 23.4 Å². The van der Waals surface area contributed by atoms with E-state index in [0.717, 1.165) is 18.5 Å². The van der Waals surface area contributed by atoms with Crippen LogP contribution in [0.5, 0.6) is 17.2 Å². The molecular formula is C25H31N5O6. The summed E-state index contributed by atoms with van der Waals surface area (Å²) >= 11 is 0. The van der Waals surface area contributed by atoms with Gasteiger partial charge in [0.2, 0.25) is 0 Å². The largest absolute Gasteiger partial charge is 0.507 e. The summed E-state index contributed by atoms with van der Waals surface area (Å²) < 4.78 is 16.2. The minimum atomic E-state index is -0.529. The van der Waals surface area contributed by atoms with Crippen molar-refractivity contribution in [3.05, 3.63) is 29.5 Å². The van der Waals surface area contributed by atoms with Crippen molar-refractivity contribution < 1.29 is 28.9 Å². The normalized spacial score (nSPS) is 17.1. The lowest BCUT2D eigenvalue weighted by Gasteiger charge is -2.12. The van der Waals surface area contributed by atoms with Crippen LogP contribution >= 0.6 is 0 Å². The first-order valence-electron chi connectivity index (χ1n) is 11.6. The predicted octanol–water partition coefficient (Wildman–Crippen LogP) is 2.96. The highest BCUT2D eigenvalue weighted by Crippen LogP contribution is 2.36. The van der Waals surface area contributed by atoms with Crippen LogP contribution in [0.2, 0.25) is 0 Å². The van der Waals surface area contributed by atoms with Gasteiger partial charge in [0.15, 0.2) is 12.4 Å². The Morgan fingerprint density at radius 2 is 2.17 bits per heavy atom. The Bertz CT molecular complexity index is 1140. The van der Waals surface area contributed by atoms with Gasteiger partial charge in [-0.25, -0.2) is 4.79 Å². The van der Waals surface area contributed by atoms with Crippen molar-refractivity contribution in [1.82, 2.24) is 15.5 Å². The number of phenols is 1. The topological polar surface area (TPSA) is 147 Å². The number of aromatic hydroxyl groups is 1. The second kappa shape index (κ2) is 12.5. The summed E-state index contributed by atoms with van der Waals surface area (Å²) in [7, 11) is 1.47. The van der Waals surface area contributed by atoms with Crippen molar-refractivity contribution in [1.29, 1.82) is 0 Å². The van der Waals surface area contributed by atoms with Gasteiger partial charge in [-0.1, -0.05) is 5.92 Å². The van der Waals surface area contributed by atoms with E-state index in [1.165, 1.54) is 19.4 Å². The maximum atomic E-state index is 12.5. The number of amides is 2. The first-order chi connectivity index (χ1) is 17.3. The molecule has 0 unspecified atom stereocenters. The van der Waals surface area contributed by atoms with E-state index in [1.807, 2.05) is 13.8 Å². The molecule has 0 bridgehead atoms. The number of methoxy groups -OCH3 is 1. The maximum Gasteiger partial charge on any atom is 0.408 e. The number of benzene rings is 1. The molecule has 2 atom stereocenters. The van der Waals surface area contributed by atoms with Crippen LogP contribution in [0.1, 0.15) is 50.3 Å². The standard InChI is InChI=1S/C25H31N5O6/c1-5-8-26-25(33)36-17-7-6-16(9-17)20-12-23(30-29-20)28-24(32)14-35-22-11-18(34-4)10-21(31)19(22)13-27-15(2)3/h1,10-13,15-17,31H,6-9,14H2,2-4H3,(H,26,33)(H2,28,29,30,32)/b27-13+/t16-,17+/m0/s1. The molecule has 0 spiro atoms. The summed E-state index contributed by atoms with van der Waals surface area (Å²) in [5.74, 6) is 2.94. The minimum absolute atomic E-state index is 0.0174. The molecule has 2 aromatic rings. The zero-order valence-electron chi connectivity index (χ0n) is 20.5. The molecule has 2 amide bonds. The lowest BCUT2D eigenvalue weighted by Crippen LogP contribution is -2.28. The number of terminal acetylenes is 1. The summed E-state index contributed by atoms with van der Waals surface area (Å²) in [6, 6.07) is 4.79. The number of rotatable bonds is 10. The molecule has 11 heteroatoms. The number of carbonyl (C=O) groups is 2. The zero-order valence-corrected chi connectivity index (χ0v) is 20.5. The molecule has 1 aromatic carbocycles. The van der Waals surface area contributed by atoms with Gasteiger partial charge in [-0.15, -0.1) is 6.42 Å². The number of hydrogen-bond donors (Lipinski definition) is 4. The van der Waals surface area contributed by atoms with Crippen molar-refractivity contribution in [3.8, 4) is 29.6 Å². The Kier molecular flexibility index (Phi) is 9.16. The number of aromatic amines is 1. The van der Waals surface area contributed by atoms with Gasteiger partial charge in [0, 0.05) is 42.1 Å². The molecule has 0 aliphatic heterocycles. The van der Waals surface area contributed by atoms with Crippen LogP contribution in [0.4, 0.5) is 10.6 Å². The first-order valence-corrected chi connectivity index (χ1v) is 11.6. The third-order valence-electron chi connectivity index (χ3n) is 5.49. The van der Waals surface area contributed by atoms with Crippen molar-refractivity contribution >= 4 is 24.0 Å². The van der Waals surface area contributed by atoms with Gasteiger partial charge < -0.3 is 30.0 Å². The van der Waals surface area contributed by atoms with Crippen molar-refractivity contribution in [2.45, 2.75) is 51.2 Å². The number of nitrogens with zero attached hydrogens (tertiary/aromatic N) is 2. The summed E-state index contributed by atoms with van der Waals surface area (Å²) in [5, 5.41) is 22.6. The fraction of sp³-hybridized carbons (Fsp3) is 0.440. The van der Waals surface area contributed by atoms with Crippen molar-refractivity contribution in [2.75, 3.05) is 25.6 Å². The number of hydrogen-bond acceptors (Lipinski definition) is 8. The van der Waals surface area contributed by atoms with E-state index in [4.69, 9.17) is 20.6 Å². The summed E-state index contributed by atoms with van der Waals surface area (Å²) in [4.78, 5) is 28.5. The molecule has 192 valence electrons. The van der Waals surface area contributed by atoms with E-state index in [1.54, 1.807) is 12.1 Å². The van der Waals surface area contributed by atoms with Gasteiger partial charge in [-0.2, -0.15) is 5.10 Å². The van der Waals surface area contributed by atoms with E-state index >= 15 is 0 Å². The quantitative estimate of drug-likeness (QED) is 0.291. The van der Waals surface area contributed by atoms with Crippen LogP contribution < -0.4 is 20.1 Å². The van der Waals surface area contributed by atoms with E-state index < -0.39 is 12.0 Å². The highest BCUT2D eigenvalue weighted by molar-refractivity contribution is 5.92. The summed E-state index contributed by atoms with van der Waals surface area (Å²) in [6.45, 7) is 3.61. The first kappa shape index (κ1) is 26.4. The Morgan fingerprint density at radius 1 is 1.36 bits per heavy atom. The number of H-pyrrole nitrogens is 1. The molecule has 11 nitrogen and oxygen atoms in total. The molecule has 1 saturated carbocycles. The van der Waals surface area contributed by atoms with Crippen LogP contribution in [0, 0.1) is 12.3 Å². The summed E-state index contributed by atoms with van der Waals surface area (Å²) in [5.41, 5.74) is 1.19. The van der Waals surface area contributed by atoms with Crippen LogP contribution in [0.15, 0.2) is 23.2 Å². The third kappa shape index (κ3) is 7.40. The van der Waals surface area contributed by atoms with Crippen LogP contribution in [-0.4, -0.2) is 65.9 Å². The van der Waals surface area contributed by atoms with Gasteiger partial charge in [0.05, 0.1) is 19.2 Å². The molecule has 3 rings (SSSR count). The average Bonchev–Trinajstić information content (AvgIpc) is 3.49. The van der Waals surface area contributed by atoms with Crippen LogP contribution in [-0.2, 0) is 9.53 Å². The Labute approximate surface area is 209 Å². The molecule has 0 radical (unpaired) electrons. The molecular weight excluding hydrogens is 466 g/mol. The maximum absolute atomic E-state index is 12.5. The van der Waals surface area contributed by atoms with Crippen molar-refractivity contribution in [3.63, 3.8) is 0 Å². The van der Waals surface area contributed by atoms with Gasteiger partial charge in [-0.05, 0) is 33.1 Å². The molecule has 1 aliphatic rings. The van der Waals surface area contributed by atoms with Crippen LogP contribution in [0.3, 0.4) is 0 Å². The van der Waals surface area contributed by atoms with Gasteiger partial charge in [-0.3, -0.25) is 14.9 Å². The number of aromatic nitrogens is 2. The summed E-state index contributed by atoms with van der Waals surface area (Å²) in [6.07, 6.45) is 8.06. The van der Waals surface area contributed by atoms with E-state index in [2.05, 4.69) is 31.7 Å². The second-order valence-corrected chi connectivity index (χ2v) is 8.57. The van der Waals surface area contributed by atoms with E-state index in [9.17, 15) is 14.7 Å². The number of nitrogens with one attached hydrogen (secondary N) is 3. The number of carbonyl (C=O) groups excluding carboxylic acids is 2. The minimum Gasteiger partial charge on any atom is -0.507 e. The SMILES string of the molecule is C#CCNC(=O)O[C@@H]1CC[C@H](c2cc(NC(=O)COc3cc(OC)cc(O)c3/C=N/C(C)C)n[nH]2)C1. The number of anilines is 1. The van der Waals surface area contributed by atoms with Crippen LogP contribution in [0.25, 0.3) is 0 Å². The number of phenolic OH excluding ortho intramolecular Hbond substituents is 1. The Morgan fingerprint density at radius 3 is 2.89 bits per heavy atom. The lowest BCUT2D eigenvalue weighted by atomic mass is 10.0. The fourth-order valence-electron chi connectivity index (χ4n) is 3.76. The zero-order chi connectivity index (χ0) is 26.1. The molecule has 1 aromatic heterocycles. The molecule has 1 aliphatic carbocycles. The Hall–Kier alpha value is -4.20. The van der Waals surface area contributed by atoms with Gasteiger partial charge >= 0.3 is 6.09 Å².